The molecule has 0 aliphatic carbocycles. The van der Waals surface area contributed by atoms with E-state index in [1.54, 1.807) is 6.33 Å². The zero-order valence-corrected chi connectivity index (χ0v) is 12.2. The first kappa shape index (κ1) is 13.1. The van der Waals surface area contributed by atoms with Crippen molar-refractivity contribution in [1.82, 2.24) is 14.9 Å². The second-order valence-electron chi connectivity index (χ2n) is 5.60. The molecule has 3 heterocycles. The lowest BCUT2D eigenvalue weighted by molar-refractivity contribution is 0.175. The highest BCUT2D eigenvalue weighted by Crippen LogP contribution is 2.27. The Morgan fingerprint density at radius 1 is 1.16 bits per heavy atom. The Morgan fingerprint density at radius 3 is 2.74 bits per heavy atom. The average Bonchev–Trinajstić information content (AvgIpc) is 2.92. The third-order valence-electron chi connectivity index (χ3n) is 4.37. The summed E-state index contributed by atoms with van der Waals surface area (Å²) in [7, 11) is 0. The van der Waals surface area contributed by atoms with Crippen LogP contribution in [-0.4, -0.2) is 47.1 Å². The second kappa shape index (κ2) is 5.63. The quantitative estimate of drug-likeness (QED) is 0.779. The number of hydrogen-bond donors (Lipinski definition) is 0. The Bertz CT molecular complexity index is 445. The molecule has 19 heavy (non-hydrogen) atoms. The van der Waals surface area contributed by atoms with E-state index in [-0.39, 0.29) is 0 Å². The maximum atomic E-state index is 6.09. The molecule has 5 heteroatoms. The lowest BCUT2D eigenvalue weighted by atomic mass is 10.1. The van der Waals surface area contributed by atoms with E-state index in [2.05, 4.69) is 19.8 Å². The largest absolute Gasteiger partial charge is 0.355 e. The number of rotatable bonds is 2. The van der Waals surface area contributed by atoms with Crippen molar-refractivity contribution in [3.8, 4) is 0 Å². The van der Waals surface area contributed by atoms with Gasteiger partial charge < -0.3 is 4.90 Å². The number of piperidine rings is 1. The smallest absolute Gasteiger partial charge is 0.137 e. The minimum absolute atomic E-state index is 0.575. The predicted octanol–water partition coefficient (Wildman–Crippen LogP) is 2.50. The van der Waals surface area contributed by atoms with Gasteiger partial charge in [-0.3, -0.25) is 4.90 Å². The van der Waals surface area contributed by atoms with Crippen LogP contribution in [0.2, 0.25) is 5.15 Å². The van der Waals surface area contributed by atoms with Crippen LogP contribution in [0, 0.1) is 6.92 Å². The molecule has 0 bridgehead atoms. The zero-order valence-electron chi connectivity index (χ0n) is 11.5. The molecule has 1 aromatic heterocycles. The standard InChI is InChI=1S/C14H21ClN4/c1-11-13(15)16-10-17-14(11)19-8-5-12(9-19)18-6-3-2-4-7-18/h10,12H,2-9H2,1H3. The van der Waals surface area contributed by atoms with Crippen LogP contribution in [0.3, 0.4) is 0 Å². The van der Waals surface area contributed by atoms with Crippen molar-refractivity contribution in [2.75, 3.05) is 31.1 Å². The first-order valence-electron chi connectivity index (χ1n) is 7.22. The Balaban J connectivity index is 1.69. The Labute approximate surface area is 119 Å². The maximum absolute atomic E-state index is 6.09. The fourth-order valence-corrected chi connectivity index (χ4v) is 3.38. The molecule has 0 spiro atoms. The number of aromatic nitrogens is 2. The van der Waals surface area contributed by atoms with Crippen LogP contribution in [0.25, 0.3) is 0 Å². The monoisotopic (exact) mass is 280 g/mol. The molecule has 1 aromatic rings. The van der Waals surface area contributed by atoms with Crippen LogP contribution in [0.4, 0.5) is 5.82 Å². The van der Waals surface area contributed by atoms with Gasteiger partial charge in [-0.05, 0) is 39.3 Å². The fraction of sp³-hybridized carbons (Fsp3) is 0.714. The van der Waals surface area contributed by atoms with E-state index in [4.69, 9.17) is 11.6 Å². The van der Waals surface area contributed by atoms with Crippen molar-refractivity contribution in [3.05, 3.63) is 17.0 Å². The maximum Gasteiger partial charge on any atom is 0.137 e. The second-order valence-corrected chi connectivity index (χ2v) is 5.96. The number of nitrogens with zero attached hydrogens (tertiary/aromatic N) is 4. The zero-order chi connectivity index (χ0) is 13.2. The number of halogens is 1. The Kier molecular flexibility index (Phi) is 3.89. The summed E-state index contributed by atoms with van der Waals surface area (Å²) in [4.78, 5) is 13.5. The van der Waals surface area contributed by atoms with Crippen LogP contribution in [0.15, 0.2) is 6.33 Å². The van der Waals surface area contributed by atoms with E-state index < -0.39 is 0 Å². The molecule has 0 aromatic carbocycles. The van der Waals surface area contributed by atoms with Crippen molar-refractivity contribution >= 4 is 17.4 Å². The van der Waals surface area contributed by atoms with Gasteiger partial charge in [0.25, 0.3) is 0 Å². The Hall–Kier alpha value is -0.870. The molecular formula is C14H21ClN4. The summed E-state index contributed by atoms with van der Waals surface area (Å²) < 4.78 is 0. The fourth-order valence-electron chi connectivity index (χ4n) is 3.25. The van der Waals surface area contributed by atoms with Gasteiger partial charge in [0.15, 0.2) is 0 Å². The highest BCUT2D eigenvalue weighted by Gasteiger charge is 2.29. The third kappa shape index (κ3) is 2.70. The topological polar surface area (TPSA) is 32.3 Å². The van der Waals surface area contributed by atoms with Gasteiger partial charge in [0.1, 0.15) is 17.3 Å². The summed E-state index contributed by atoms with van der Waals surface area (Å²) >= 11 is 6.09. The van der Waals surface area contributed by atoms with E-state index in [0.29, 0.717) is 11.2 Å². The summed E-state index contributed by atoms with van der Waals surface area (Å²) in [5.41, 5.74) is 1.00. The van der Waals surface area contributed by atoms with Gasteiger partial charge in [-0.25, -0.2) is 9.97 Å². The van der Waals surface area contributed by atoms with E-state index in [1.165, 1.54) is 38.8 Å². The molecule has 1 atom stereocenters. The first-order chi connectivity index (χ1) is 9.25. The van der Waals surface area contributed by atoms with Gasteiger partial charge in [0.2, 0.25) is 0 Å². The van der Waals surface area contributed by atoms with Gasteiger partial charge in [-0.2, -0.15) is 0 Å². The molecule has 0 N–H and O–H groups in total. The highest BCUT2D eigenvalue weighted by molar-refractivity contribution is 6.30. The lowest BCUT2D eigenvalue weighted by Gasteiger charge is -2.32. The van der Waals surface area contributed by atoms with Crippen molar-refractivity contribution in [1.29, 1.82) is 0 Å². The third-order valence-corrected chi connectivity index (χ3v) is 4.75. The van der Waals surface area contributed by atoms with E-state index in [0.717, 1.165) is 24.5 Å². The van der Waals surface area contributed by atoms with E-state index in [1.807, 2.05) is 6.92 Å². The van der Waals surface area contributed by atoms with Crippen LogP contribution in [-0.2, 0) is 0 Å². The summed E-state index contributed by atoms with van der Waals surface area (Å²) in [6.07, 6.45) is 6.91. The number of likely N-dealkylation sites (tertiary alicyclic amines) is 1. The molecule has 0 saturated carbocycles. The van der Waals surface area contributed by atoms with E-state index >= 15 is 0 Å². The van der Waals surface area contributed by atoms with Gasteiger partial charge in [0.05, 0.1) is 0 Å². The van der Waals surface area contributed by atoms with Gasteiger partial charge in [0, 0.05) is 24.7 Å². The lowest BCUT2D eigenvalue weighted by Crippen LogP contribution is -2.41. The molecular weight excluding hydrogens is 260 g/mol. The first-order valence-corrected chi connectivity index (χ1v) is 7.59. The molecule has 0 radical (unpaired) electrons. The van der Waals surface area contributed by atoms with Crippen molar-refractivity contribution in [2.45, 2.75) is 38.6 Å². The molecule has 3 rings (SSSR count). The van der Waals surface area contributed by atoms with Crippen LogP contribution in [0.5, 0.6) is 0 Å². The molecule has 0 amide bonds. The van der Waals surface area contributed by atoms with Gasteiger partial charge in [-0.1, -0.05) is 18.0 Å². The minimum Gasteiger partial charge on any atom is -0.355 e. The molecule has 1 unspecified atom stereocenters. The van der Waals surface area contributed by atoms with E-state index in [9.17, 15) is 0 Å². The minimum atomic E-state index is 0.575. The highest BCUT2D eigenvalue weighted by atomic mass is 35.5. The van der Waals surface area contributed by atoms with Crippen LogP contribution >= 0.6 is 11.6 Å². The van der Waals surface area contributed by atoms with Crippen molar-refractivity contribution in [2.24, 2.45) is 0 Å². The predicted molar refractivity (Wildman–Crippen MR) is 77.8 cm³/mol. The summed E-state index contributed by atoms with van der Waals surface area (Å²) in [5.74, 6) is 1.01. The average molecular weight is 281 g/mol. The Morgan fingerprint density at radius 2 is 1.95 bits per heavy atom. The van der Waals surface area contributed by atoms with Crippen LogP contribution in [0.1, 0.15) is 31.2 Å². The van der Waals surface area contributed by atoms with Gasteiger partial charge >= 0.3 is 0 Å². The summed E-state index contributed by atoms with van der Waals surface area (Å²) in [5, 5.41) is 0.575. The SMILES string of the molecule is Cc1c(Cl)ncnc1N1CCC(N2CCCCC2)C1. The number of hydrogen-bond acceptors (Lipinski definition) is 4. The molecule has 2 aliphatic heterocycles. The molecule has 2 saturated heterocycles. The van der Waals surface area contributed by atoms with Gasteiger partial charge in [-0.15, -0.1) is 0 Å². The normalized spacial score (nSPS) is 24.9. The summed E-state index contributed by atoms with van der Waals surface area (Å²) in [6.45, 7) is 6.69. The number of anilines is 1. The molecule has 104 valence electrons. The van der Waals surface area contributed by atoms with Crippen molar-refractivity contribution in [3.63, 3.8) is 0 Å². The summed E-state index contributed by atoms with van der Waals surface area (Å²) in [6, 6.07) is 0.688. The molecule has 4 nitrogen and oxygen atoms in total. The van der Waals surface area contributed by atoms with Crippen molar-refractivity contribution < 1.29 is 0 Å². The molecule has 2 aliphatic rings. The molecule has 2 fully saturated rings. The van der Waals surface area contributed by atoms with Crippen LogP contribution < -0.4 is 4.90 Å².